The van der Waals surface area contributed by atoms with Crippen LogP contribution in [0.15, 0.2) is 54.6 Å². The first-order valence-electron chi connectivity index (χ1n) is 10.9. The Morgan fingerprint density at radius 2 is 1.80 bits per heavy atom. The van der Waals surface area contributed by atoms with Gasteiger partial charge in [-0.2, -0.15) is 0 Å². The number of carbonyl (C=O) groups excluding carboxylic acids is 2. The number of amides is 2. The van der Waals surface area contributed by atoms with Gasteiger partial charge in [-0.3, -0.25) is 9.59 Å². The van der Waals surface area contributed by atoms with Crippen LogP contribution in [-0.4, -0.2) is 35.4 Å². The molecule has 0 aliphatic heterocycles. The van der Waals surface area contributed by atoms with Crippen molar-refractivity contribution in [2.24, 2.45) is 0 Å². The average Bonchev–Trinajstić information content (AvgIpc) is 2.77. The molecule has 1 aliphatic rings. The largest absolute Gasteiger partial charge is 0.484 e. The summed E-state index contributed by atoms with van der Waals surface area (Å²) in [7, 11) is 0. The van der Waals surface area contributed by atoms with Crippen LogP contribution < -0.4 is 10.1 Å². The fourth-order valence-corrected chi connectivity index (χ4v) is 3.86. The Hall–Kier alpha value is -2.82. The summed E-state index contributed by atoms with van der Waals surface area (Å²) in [5.74, 6) is 0.357. The summed E-state index contributed by atoms with van der Waals surface area (Å²) in [5.41, 5.74) is 2.06. The average molecular weight is 409 g/mol. The van der Waals surface area contributed by atoms with Crippen molar-refractivity contribution < 1.29 is 14.3 Å². The molecule has 3 rings (SSSR count). The summed E-state index contributed by atoms with van der Waals surface area (Å²) in [6.45, 7) is 4.05. The Kier molecular flexibility index (Phi) is 7.89. The maximum atomic E-state index is 13.1. The quantitative estimate of drug-likeness (QED) is 0.711. The van der Waals surface area contributed by atoms with Gasteiger partial charge in [0.2, 0.25) is 5.91 Å². The second-order valence-corrected chi connectivity index (χ2v) is 8.13. The molecule has 0 radical (unpaired) electrons. The van der Waals surface area contributed by atoms with Gasteiger partial charge in [-0.15, -0.1) is 0 Å². The lowest BCUT2D eigenvalue weighted by molar-refractivity contribution is -0.142. The second-order valence-electron chi connectivity index (χ2n) is 8.13. The van der Waals surface area contributed by atoms with E-state index in [1.54, 1.807) is 11.8 Å². The van der Waals surface area contributed by atoms with Gasteiger partial charge in [-0.1, -0.05) is 61.7 Å². The predicted molar refractivity (Wildman–Crippen MR) is 118 cm³/mol. The van der Waals surface area contributed by atoms with E-state index in [1.807, 2.05) is 61.5 Å². The van der Waals surface area contributed by atoms with Crippen molar-refractivity contribution in [2.75, 3.05) is 6.61 Å². The lowest BCUT2D eigenvalue weighted by Gasteiger charge is -2.31. The van der Waals surface area contributed by atoms with Gasteiger partial charge in [-0.05, 0) is 49.9 Å². The fraction of sp³-hybridized carbons (Fsp3) is 0.440. The molecule has 2 aromatic rings. The molecule has 0 bridgehead atoms. The van der Waals surface area contributed by atoms with Gasteiger partial charge in [0.15, 0.2) is 6.61 Å². The highest BCUT2D eigenvalue weighted by Gasteiger charge is 2.28. The van der Waals surface area contributed by atoms with E-state index in [4.69, 9.17) is 4.74 Å². The summed E-state index contributed by atoms with van der Waals surface area (Å²) >= 11 is 0. The van der Waals surface area contributed by atoms with Crippen molar-refractivity contribution in [2.45, 2.75) is 64.6 Å². The number of nitrogens with one attached hydrogen (secondary N) is 1. The number of ether oxygens (including phenoxy) is 1. The second kappa shape index (κ2) is 10.8. The predicted octanol–water partition coefficient (Wildman–Crippen LogP) is 4.24. The highest BCUT2D eigenvalue weighted by Crippen LogP contribution is 2.18. The minimum absolute atomic E-state index is 0.0956. The first kappa shape index (κ1) is 21.9. The van der Waals surface area contributed by atoms with Crippen molar-refractivity contribution in [3.05, 3.63) is 65.7 Å². The molecule has 1 saturated carbocycles. The SMILES string of the molecule is Cc1cccc(OCC(=O)N(Cc2ccccc2)[C@H](C)C(=O)NC2CCCCC2)c1. The van der Waals surface area contributed by atoms with E-state index in [0.717, 1.165) is 36.8 Å². The molecule has 2 aromatic carbocycles. The summed E-state index contributed by atoms with van der Waals surface area (Å²) in [6, 6.07) is 17.0. The van der Waals surface area contributed by atoms with Crippen molar-refractivity contribution in [1.29, 1.82) is 0 Å². The van der Waals surface area contributed by atoms with E-state index >= 15 is 0 Å². The summed E-state index contributed by atoms with van der Waals surface area (Å²) < 4.78 is 5.72. The van der Waals surface area contributed by atoms with Crippen LogP contribution in [0.2, 0.25) is 0 Å². The number of hydrogen-bond donors (Lipinski definition) is 1. The van der Waals surface area contributed by atoms with E-state index in [0.29, 0.717) is 12.3 Å². The van der Waals surface area contributed by atoms with Gasteiger partial charge in [-0.25, -0.2) is 0 Å². The van der Waals surface area contributed by atoms with Crippen LogP contribution in [0.5, 0.6) is 5.75 Å². The highest BCUT2D eigenvalue weighted by atomic mass is 16.5. The molecule has 0 heterocycles. The van der Waals surface area contributed by atoms with Crippen molar-refractivity contribution in [3.63, 3.8) is 0 Å². The molecule has 0 unspecified atom stereocenters. The fourth-order valence-electron chi connectivity index (χ4n) is 3.86. The molecule has 5 heteroatoms. The zero-order chi connectivity index (χ0) is 21.3. The molecule has 160 valence electrons. The Morgan fingerprint density at radius 1 is 1.07 bits per heavy atom. The molecule has 1 N–H and O–H groups in total. The normalized spacial score (nSPS) is 15.3. The monoisotopic (exact) mass is 408 g/mol. The van der Waals surface area contributed by atoms with Crippen LogP contribution in [0.25, 0.3) is 0 Å². The summed E-state index contributed by atoms with van der Waals surface area (Å²) in [6.07, 6.45) is 5.56. The first-order chi connectivity index (χ1) is 14.5. The molecule has 5 nitrogen and oxygen atoms in total. The van der Waals surface area contributed by atoms with E-state index < -0.39 is 6.04 Å². The van der Waals surface area contributed by atoms with Crippen molar-refractivity contribution in [1.82, 2.24) is 10.2 Å². The van der Waals surface area contributed by atoms with Crippen LogP contribution in [0, 0.1) is 6.92 Å². The Morgan fingerprint density at radius 3 is 2.50 bits per heavy atom. The molecule has 30 heavy (non-hydrogen) atoms. The van der Waals surface area contributed by atoms with Crippen molar-refractivity contribution >= 4 is 11.8 Å². The zero-order valence-electron chi connectivity index (χ0n) is 18.0. The minimum atomic E-state index is -0.569. The first-order valence-corrected chi connectivity index (χ1v) is 10.9. The van der Waals surface area contributed by atoms with E-state index in [9.17, 15) is 9.59 Å². The summed E-state index contributed by atoms with van der Waals surface area (Å²) in [4.78, 5) is 27.6. The lowest BCUT2D eigenvalue weighted by atomic mass is 9.95. The minimum Gasteiger partial charge on any atom is -0.484 e. The maximum absolute atomic E-state index is 13.1. The number of carbonyl (C=O) groups is 2. The molecule has 0 spiro atoms. The third kappa shape index (κ3) is 6.34. The number of rotatable bonds is 8. The summed E-state index contributed by atoms with van der Waals surface area (Å²) in [5, 5.41) is 3.15. The third-order valence-corrected chi connectivity index (χ3v) is 5.67. The topological polar surface area (TPSA) is 58.6 Å². The highest BCUT2D eigenvalue weighted by molar-refractivity contribution is 5.88. The molecule has 0 saturated heterocycles. The van der Waals surface area contributed by atoms with Gasteiger partial charge < -0.3 is 15.0 Å². The Bertz CT molecular complexity index is 831. The maximum Gasteiger partial charge on any atom is 0.261 e. The molecule has 1 aliphatic carbocycles. The molecular weight excluding hydrogens is 376 g/mol. The number of nitrogens with zero attached hydrogens (tertiary/aromatic N) is 1. The lowest BCUT2D eigenvalue weighted by Crippen LogP contribution is -2.51. The molecular formula is C25H32N2O3. The zero-order valence-corrected chi connectivity index (χ0v) is 18.0. The van der Waals surface area contributed by atoms with E-state index in [1.165, 1.54) is 6.42 Å². The van der Waals surface area contributed by atoms with Gasteiger partial charge in [0.05, 0.1) is 0 Å². The van der Waals surface area contributed by atoms with Crippen LogP contribution in [0.4, 0.5) is 0 Å². The smallest absolute Gasteiger partial charge is 0.261 e. The van der Waals surface area contributed by atoms with Crippen LogP contribution >= 0.6 is 0 Å². The molecule has 1 fully saturated rings. The molecule has 0 aromatic heterocycles. The van der Waals surface area contributed by atoms with Gasteiger partial charge in [0, 0.05) is 12.6 Å². The third-order valence-electron chi connectivity index (χ3n) is 5.67. The van der Waals surface area contributed by atoms with Gasteiger partial charge in [0.25, 0.3) is 5.91 Å². The van der Waals surface area contributed by atoms with E-state index in [2.05, 4.69) is 5.32 Å². The standard InChI is InChI=1S/C25H32N2O3/c1-19-10-9-15-23(16-19)30-18-24(28)27(17-21-11-5-3-6-12-21)20(2)25(29)26-22-13-7-4-8-14-22/h3,5-6,9-12,15-16,20,22H,4,7-8,13-14,17-18H2,1-2H3,(H,26,29)/t20-/m1/s1. The van der Waals surface area contributed by atoms with Crippen LogP contribution in [-0.2, 0) is 16.1 Å². The molecule has 1 atom stereocenters. The Labute approximate surface area is 179 Å². The number of benzene rings is 2. The molecule has 2 amide bonds. The number of hydrogen-bond acceptors (Lipinski definition) is 3. The van der Waals surface area contributed by atoms with E-state index in [-0.39, 0.29) is 24.5 Å². The Balaban J connectivity index is 1.68. The van der Waals surface area contributed by atoms with Crippen molar-refractivity contribution in [3.8, 4) is 5.75 Å². The van der Waals surface area contributed by atoms with Crippen LogP contribution in [0.1, 0.15) is 50.2 Å². The van der Waals surface area contributed by atoms with Gasteiger partial charge >= 0.3 is 0 Å². The van der Waals surface area contributed by atoms with Crippen LogP contribution in [0.3, 0.4) is 0 Å². The number of aryl methyl sites for hydroxylation is 1. The van der Waals surface area contributed by atoms with Gasteiger partial charge in [0.1, 0.15) is 11.8 Å².